The number of nitrogens with one attached hydrogen (secondary N) is 1. The fourth-order valence-corrected chi connectivity index (χ4v) is 3.58. The highest BCUT2D eigenvalue weighted by atomic mass is 35.5. The predicted molar refractivity (Wildman–Crippen MR) is 115 cm³/mol. The molecule has 29 heavy (non-hydrogen) atoms. The maximum absolute atomic E-state index is 12.5. The Morgan fingerprint density at radius 1 is 1.00 bits per heavy atom. The van der Waals surface area contributed by atoms with Gasteiger partial charge in [-0.15, -0.1) is 0 Å². The molecule has 0 fully saturated rings. The van der Waals surface area contributed by atoms with E-state index >= 15 is 0 Å². The summed E-state index contributed by atoms with van der Waals surface area (Å²) < 4.78 is 7.59. The second-order valence-corrected chi connectivity index (χ2v) is 7.53. The molecule has 144 valence electrons. The number of hydrogen-bond acceptors (Lipinski definition) is 4. The summed E-state index contributed by atoms with van der Waals surface area (Å²) in [7, 11) is 0. The van der Waals surface area contributed by atoms with Crippen LogP contribution in [0.4, 0.5) is 0 Å². The van der Waals surface area contributed by atoms with E-state index in [0.717, 1.165) is 15.7 Å². The Kier molecular flexibility index (Phi) is 5.84. The van der Waals surface area contributed by atoms with Gasteiger partial charge in [-0.1, -0.05) is 35.5 Å². The standard InChI is InChI=1S/C22H16ClN3O2S/c23-16-7-10-18(11-8-16)29-21-12-9-17(28-21)15-24-25-22(27)19-5-1-2-6-20(19)26-13-3-4-14-26/h1-15H,(H,25,27)/b24-15-. The van der Waals surface area contributed by atoms with Gasteiger partial charge in [0, 0.05) is 22.3 Å². The summed E-state index contributed by atoms with van der Waals surface area (Å²) in [4.78, 5) is 13.6. The molecule has 0 saturated carbocycles. The van der Waals surface area contributed by atoms with Crippen LogP contribution in [-0.4, -0.2) is 16.7 Å². The first-order valence-electron chi connectivity index (χ1n) is 8.78. The molecular weight excluding hydrogens is 406 g/mol. The van der Waals surface area contributed by atoms with Crippen LogP contribution in [0.3, 0.4) is 0 Å². The van der Waals surface area contributed by atoms with Gasteiger partial charge in [0.05, 0.1) is 17.5 Å². The van der Waals surface area contributed by atoms with E-state index in [4.69, 9.17) is 16.0 Å². The normalized spacial score (nSPS) is 11.1. The van der Waals surface area contributed by atoms with E-state index in [0.29, 0.717) is 16.3 Å². The number of halogens is 1. The van der Waals surface area contributed by atoms with Gasteiger partial charge in [0.2, 0.25) is 0 Å². The van der Waals surface area contributed by atoms with Crippen molar-refractivity contribution in [1.82, 2.24) is 9.99 Å². The highest BCUT2D eigenvalue weighted by Gasteiger charge is 2.11. The minimum atomic E-state index is -0.298. The molecule has 2 aromatic heterocycles. The zero-order valence-corrected chi connectivity index (χ0v) is 16.7. The van der Waals surface area contributed by atoms with Crippen LogP contribution in [0.5, 0.6) is 0 Å². The van der Waals surface area contributed by atoms with Crippen molar-refractivity contribution >= 4 is 35.5 Å². The number of benzene rings is 2. The molecule has 2 heterocycles. The number of nitrogens with zero attached hydrogens (tertiary/aromatic N) is 2. The summed E-state index contributed by atoms with van der Waals surface area (Å²) in [5, 5.41) is 5.43. The van der Waals surface area contributed by atoms with Gasteiger partial charge < -0.3 is 8.98 Å². The van der Waals surface area contributed by atoms with Crippen molar-refractivity contribution in [3.63, 3.8) is 0 Å². The number of hydrogen-bond donors (Lipinski definition) is 1. The lowest BCUT2D eigenvalue weighted by atomic mass is 10.1. The van der Waals surface area contributed by atoms with Crippen LogP contribution in [0.1, 0.15) is 16.1 Å². The first kappa shape index (κ1) is 19.1. The first-order chi connectivity index (χ1) is 14.2. The second-order valence-electron chi connectivity index (χ2n) is 6.02. The number of rotatable bonds is 6. The Hall–Kier alpha value is -3.22. The Morgan fingerprint density at radius 2 is 1.76 bits per heavy atom. The second kappa shape index (κ2) is 8.86. The van der Waals surface area contributed by atoms with Gasteiger partial charge in [0.1, 0.15) is 5.76 Å². The molecule has 4 rings (SSSR count). The van der Waals surface area contributed by atoms with Crippen LogP contribution in [-0.2, 0) is 0 Å². The average molecular weight is 422 g/mol. The van der Waals surface area contributed by atoms with Crippen LogP contribution in [0.25, 0.3) is 5.69 Å². The highest BCUT2D eigenvalue weighted by Crippen LogP contribution is 2.29. The molecule has 1 N–H and O–H groups in total. The average Bonchev–Trinajstić information content (AvgIpc) is 3.42. The van der Waals surface area contributed by atoms with Crippen LogP contribution < -0.4 is 5.43 Å². The number of para-hydroxylation sites is 1. The molecule has 0 radical (unpaired) electrons. The first-order valence-corrected chi connectivity index (χ1v) is 9.97. The molecule has 0 aliphatic carbocycles. The SMILES string of the molecule is O=C(N/N=C\c1ccc(Sc2ccc(Cl)cc2)o1)c1ccccc1-n1cccc1. The van der Waals surface area contributed by atoms with Crippen molar-refractivity contribution in [1.29, 1.82) is 0 Å². The third-order valence-corrected chi connectivity index (χ3v) is 5.20. The third-order valence-electron chi connectivity index (χ3n) is 4.02. The maximum Gasteiger partial charge on any atom is 0.273 e. The fraction of sp³-hybridized carbons (Fsp3) is 0. The van der Waals surface area contributed by atoms with Gasteiger partial charge in [-0.25, -0.2) is 5.43 Å². The minimum Gasteiger partial charge on any atom is -0.448 e. The van der Waals surface area contributed by atoms with Crippen molar-refractivity contribution in [3.8, 4) is 5.69 Å². The topological polar surface area (TPSA) is 59.5 Å². The minimum absolute atomic E-state index is 0.298. The molecule has 7 heteroatoms. The van der Waals surface area contributed by atoms with E-state index in [2.05, 4.69) is 10.5 Å². The molecule has 0 atom stereocenters. The molecule has 0 aliphatic heterocycles. The highest BCUT2D eigenvalue weighted by molar-refractivity contribution is 7.99. The summed E-state index contributed by atoms with van der Waals surface area (Å²) in [6.07, 6.45) is 5.25. The predicted octanol–water partition coefficient (Wildman–Crippen LogP) is 5.64. The van der Waals surface area contributed by atoms with Crippen molar-refractivity contribution in [2.75, 3.05) is 0 Å². The molecule has 1 amide bonds. The smallest absolute Gasteiger partial charge is 0.273 e. The summed E-state index contributed by atoms with van der Waals surface area (Å²) >= 11 is 7.38. The number of hydrazone groups is 1. The number of amides is 1. The number of furan rings is 1. The van der Waals surface area contributed by atoms with Gasteiger partial charge in [-0.05, 0) is 60.7 Å². The molecule has 0 bridgehead atoms. The van der Waals surface area contributed by atoms with Crippen LogP contribution >= 0.6 is 23.4 Å². The lowest BCUT2D eigenvalue weighted by molar-refractivity contribution is 0.0955. The van der Waals surface area contributed by atoms with Gasteiger partial charge in [-0.3, -0.25) is 4.79 Å². The molecule has 0 aliphatic rings. The molecular formula is C22H16ClN3O2S. The van der Waals surface area contributed by atoms with Gasteiger partial charge >= 0.3 is 0 Å². The lowest BCUT2D eigenvalue weighted by Gasteiger charge is -2.08. The monoisotopic (exact) mass is 421 g/mol. The molecule has 2 aromatic carbocycles. The molecule has 0 spiro atoms. The van der Waals surface area contributed by atoms with Crippen LogP contribution in [0, 0.1) is 0 Å². The van der Waals surface area contributed by atoms with Gasteiger partial charge in [-0.2, -0.15) is 5.10 Å². The summed E-state index contributed by atoms with van der Waals surface area (Å²) in [6.45, 7) is 0. The summed E-state index contributed by atoms with van der Waals surface area (Å²) in [5.74, 6) is 0.244. The van der Waals surface area contributed by atoms with E-state index in [1.165, 1.54) is 18.0 Å². The number of carbonyl (C=O) groups excluding carboxylic acids is 1. The quantitative estimate of drug-likeness (QED) is 0.324. The maximum atomic E-state index is 12.5. The van der Waals surface area contributed by atoms with E-state index in [1.807, 2.05) is 77.6 Å². The molecule has 0 saturated heterocycles. The zero-order valence-electron chi connectivity index (χ0n) is 15.2. The van der Waals surface area contributed by atoms with Gasteiger partial charge in [0.15, 0.2) is 5.09 Å². The fourth-order valence-electron chi connectivity index (χ4n) is 2.68. The lowest BCUT2D eigenvalue weighted by Crippen LogP contribution is -2.19. The summed E-state index contributed by atoms with van der Waals surface area (Å²) in [5.41, 5.74) is 3.86. The molecule has 4 aromatic rings. The van der Waals surface area contributed by atoms with Crippen LogP contribution in [0.15, 0.2) is 105 Å². The van der Waals surface area contributed by atoms with E-state index < -0.39 is 0 Å². The zero-order chi connectivity index (χ0) is 20.1. The van der Waals surface area contributed by atoms with E-state index in [-0.39, 0.29) is 5.91 Å². The Bertz CT molecular complexity index is 1140. The number of aromatic nitrogens is 1. The van der Waals surface area contributed by atoms with E-state index in [1.54, 1.807) is 12.1 Å². The van der Waals surface area contributed by atoms with Gasteiger partial charge in [0.25, 0.3) is 5.91 Å². The summed E-state index contributed by atoms with van der Waals surface area (Å²) in [6, 6.07) is 22.3. The van der Waals surface area contributed by atoms with Crippen molar-refractivity contribution in [2.45, 2.75) is 9.99 Å². The van der Waals surface area contributed by atoms with E-state index in [9.17, 15) is 4.79 Å². The third kappa shape index (κ3) is 4.80. The largest absolute Gasteiger partial charge is 0.448 e. The van der Waals surface area contributed by atoms with Crippen molar-refractivity contribution in [2.24, 2.45) is 5.10 Å². The molecule has 0 unspecified atom stereocenters. The Labute approximate surface area is 177 Å². The van der Waals surface area contributed by atoms with Crippen molar-refractivity contribution < 1.29 is 9.21 Å². The van der Waals surface area contributed by atoms with Crippen molar-refractivity contribution in [3.05, 3.63) is 102 Å². The Morgan fingerprint density at radius 3 is 2.55 bits per heavy atom. The number of carbonyl (C=O) groups is 1. The Balaban J connectivity index is 1.40. The van der Waals surface area contributed by atoms with Crippen LogP contribution in [0.2, 0.25) is 5.02 Å². The molecule has 5 nitrogen and oxygen atoms in total.